The van der Waals surface area contributed by atoms with Crippen molar-refractivity contribution in [2.75, 3.05) is 6.54 Å². The molecule has 1 saturated carbocycles. The first-order valence-corrected chi connectivity index (χ1v) is 9.14. The van der Waals surface area contributed by atoms with Gasteiger partial charge in [-0.1, -0.05) is 38.5 Å². The van der Waals surface area contributed by atoms with Gasteiger partial charge in [-0.15, -0.1) is 0 Å². The highest BCUT2D eigenvalue weighted by Gasteiger charge is 2.53. The van der Waals surface area contributed by atoms with E-state index in [0.29, 0.717) is 11.4 Å². The third-order valence-electron chi connectivity index (χ3n) is 4.99. The van der Waals surface area contributed by atoms with Crippen molar-refractivity contribution in [3.05, 3.63) is 29.8 Å². The Morgan fingerprint density at radius 1 is 1.10 bits per heavy atom. The molecule has 2 unspecified atom stereocenters. The monoisotopic (exact) mass is 307 g/mol. The largest absolute Gasteiger partial charge is 0.243 e. The van der Waals surface area contributed by atoms with Crippen LogP contribution in [0.2, 0.25) is 0 Å². The van der Waals surface area contributed by atoms with E-state index in [1.54, 1.807) is 16.4 Å². The van der Waals surface area contributed by atoms with Crippen LogP contribution in [0.25, 0.3) is 0 Å². The molecular weight excluding hydrogens is 282 g/mol. The van der Waals surface area contributed by atoms with Crippen LogP contribution in [-0.4, -0.2) is 25.3 Å². The van der Waals surface area contributed by atoms with E-state index in [1.165, 1.54) is 0 Å². The third kappa shape index (κ3) is 2.64. The molecule has 1 aromatic carbocycles. The zero-order valence-electron chi connectivity index (χ0n) is 13.4. The lowest BCUT2D eigenvalue weighted by Crippen LogP contribution is -2.37. The van der Waals surface area contributed by atoms with E-state index in [2.05, 4.69) is 20.8 Å². The van der Waals surface area contributed by atoms with E-state index < -0.39 is 10.0 Å². The minimum atomic E-state index is -3.36. The van der Waals surface area contributed by atoms with Gasteiger partial charge in [0.25, 0.3) is 0 Å². The van der Waals surface area contributed by atoms with Crippen molar-refractivity contribution in [3.63, 3.8) is 0 Å². The molecule has 2 aliphatic rings. The van der Waals surface area contributed by atoms with Crippen LogP contribution in [0.1, 0.15) is 45.6 Å². The summed E-state index contributed by atoms with van der Waals surface area (Å²) < 4.78 is 27.7. The van der Waals surface area contributed by atoms with Crippen molar-refractivity contribution in [1.82, 2.24) is 4.31 Å². The number of benzene rings is 1. The van der Waals surface area contributed by atoms with Crippen LogP contribution in [-0.2, 0) is 10.0 Å². The van der Waals surface area contributed by atoms with E-state index in [9.17, 15) is 8.42 Å². The Balaban J connectivity index is 1.96. The van der Waals surface area contributed by atoms with Gasteiger partial charge < -0.3 is 0 Å². The Labute approximate surface area is 128 Å². The molecule has 2 fully saturated rings. The van der Waals surface area contributed by atoms with Gasteiger partial charge in [-0.2, -0.15) is 4.31 Å². The first-order valence-electron chi connectivity index (χ1n) is 7.70. The Hall–Kier alpha value is -0.870. The zero-order valence-corrected chi connectivity index (χ0v) is 14.2. The van der Waals surface area contributed by atoms with Crippen LogP contribution in [0, 0.1) is 17.8 Å². The van der Waals surface area contributed by atoms with E-state index in [-0.39, 0.29) is 16.9 Å². The molecule has 2 atom stereocenters. The molecule has 1 aliphatic carbocycles. The van der Waals surface area contributed by atoms with Crippen LogP contribution in [0.3, 0.4) is 0 Å². The molecular formula is C17H25NO2S. The molecule has 1 aromatic rings. The van der Waals surface area contributed by atoms with E-state index in [0.717, 1.165) is 24.8 Å². The lowest BCUT2D eigenvalue weighted by atomic mass is 9.65. The lowest BCUT2D eigenvalue weighted by molar-refractivity contribution is 0.133. The predicted molar refractivity (Wildman–Crippen MR) is 84.6 cm³/mol. The second-order valence-corrected chi connectivity index (χ2v) is 9.97. The quantitative estimate of drug-likeness (QED) is 0.837. The van der Waals surface area contributed by atoms with E-state index >= 15 is 0 Å². The highest BCUT2D eigenvalue weighted by Crippen LogP contribution is 2.53. The first-order chi connectivity index (χ1) is 9.61. The molecule has 0 N–H and O–H groups in total. The molecule has 2 bridgehead atoms. The van der Waals surface area contributed by atoms with Gasteiger partial charge in [0.2, 0.25) is 10.0 Å². The number of hydrogen-bond acceptors (Lipinski definition) is 2. The summed E-state index contributed by atoms with van der Waals surface area (Å²) in [6, 6.07) is 7.38. The Kier molecular flexibility index (Phi) is 3.27. The van der Waals surface area contributed by atoms with Crippen LogP contribution < -0.4 is 0 Å². The number of fused-ring (bicyclic) bond motifs is 2. The molecule has 1 heterocycles. The van der Waals surface area contributed by atoms with Gasteiger partial charge in [0.05, 0.1) is 4.90 Å². The van der Waals surface area contributed by atoms with Crippen molar-refractivity contribution in [2.45, 2.75) is 57.9 Å². The molecule has 0 spiro atoms. The van der Waals surface area contributed by atoms with Crippen molar-refractivity contribution >= 4 is 10.0 Å². The number of aryl methyl sites for hydroxylation is 1. The number of hydrogen-bond donors (Lipinski definition) is 0. The van der Waals surface area contributed by atoms with Crippen LogP contribution >= 0.6 is 0 Å². The third-order valence-corrected chi connectivity index (χ3v) is 6.91. The van der Waals surface area contributed by atoms with Crippen molar-refractivity contribution in [3.8, 4) is 0 Å². The van der Waals surface area contributed by atoms with Gasteiger partial charge in [-0.05, 0) is 49.1 Å². The van der Waals surface area contributed by atoms with Gasteiger partial charge in [0.1, 0.15) is 0 Å². The van der Waals surface area contributed by atoms with Gasteiger partial charge in [0, 0.05) is 12.6 Å². The standard InChI is InChI=1S/C17H25NO2S/c1-13-5-7-15(8-6-13)21(19,20)18-12-17(4)10-14(18)9-16(2,3)11-17/h5-8,14H,9-12H2,1-4H3. The second kappa shape index (κ2) is 4.56. The fourth-order valence-corrected chi connectivity index (χ4v) is 6.31. The van der Waals surface area contributed by atoms with Crippen molar-refractivity contribution < 1.29 is 8.42 Å². The van der Waals surface area contributed by atoms with E-state index in [4.69, 9.17) is 0 Å². The lowest BCUT2D eigenvalue weighted by Gasteiger charge is -2.39. The minimum Gasteiger partial charge on any atom is -0.207 e. The van der Waals surface area contributed by atoms with Crippen molar-refractivity contribution in [1.29, 1.82) is 0 Å². The van der Waals surface area contributed by atoms with Crippen LogP contribution in [0.5, 0.6) is 0 Å². The van der Waals surface area contributed by atoms with E-state index in [1.807, 2.05) is 19.1 Å². The SMILES string of the molecule is Cc1ccc(S(=O)(=O)N2CC3(C)CC2CC(C)(C)C3)cc1. The molecule has 4 heteroatoms. The fraction of sp³-hybridized carbons (Fsp3) is 0.647. The zero-order chi connectivity index (χ0) is 15.5. The summed E-state index contributed by atoms with van der Waals surface area (Å²) in [4.78, 5) is 0.432. The molecule has 1 saturated heterocycles. The second-order valence-electron chi connectivity index (χ2n) is 8.08. The molecule has 21 heavy (non-hydrogen) atoms. The molecule has 0 aromatic heterocycles. The highest BCUT2D eigenvalue weighted by molar-refractivity contribution is 7.89. The summed E-state index contributed by atoms with van der Waals surface area (Å²) >= 11 is 0. The normalized spacial score (nSPS) is 32.3. The highest BCUT2D eigenvalue weighted by atomic mass is 32.2. The summed E-state index contributed by atoms with van der Waals surface area (Å²) in [7, 11) is -3.36. The average molecular weight is 307 g/mol. The summed E-state index contributed by atoms with van der Waals surface area (Å²) in [5.41, 5.74) is 1.45. The summed E-state index contributed by atoms with van der Waals surface area (Å²) in [6.45, 7) is 9.41. The summed E-state index contributed by atoms with van der Waals surface area (Å²) in [5.74, 6) is 0. The van der Waals surface area contributed by atoms with Gasteiger partial charge >= 0.3 is 0 Å². The maximum absolute atomic E-state index is 13.0. The first kappa shape index (κ1) is 15.0. The predicted octanol–water partition coefficient (Wildman–Crippen LogP) is 3.58. The number of sulfonamides is 1. The Morgan fingerprint density at radius 2 is 1.71 bits per heavy atom. The van der Waals surface area contributed by atoms with Crippen LogP contribution in [0.4, 0.5) is 0 Å². The molecule has 0 radical (unpaired) electrons. The topological polar surface area (TPSA) is 37.4 Å². The van der Waals surface area contributed by atoms with Crippen LogP contribution in [0.15, 0.2) is 29.2 Å². The van der Waals surface area contributed by atoms with Gasteiger partial charge in [-0.3, -0.25) is 0 Å². The Morgan fingerprint density at radius 3 is 2.33 bits per heavy atom. The molecule has 116 valence electrons. The maximum Gasteiger partial charge on any atom is 0.243 e. The number of nitrogens with zero attached hydrogens (tertiary/aromatic N) is 1. The fourth-order valence-electron chi connectivity index (χ4n) is 4.53. The maximum atomic E-state index is 13.0. The smallest absolute Gasteiger partial charge is 0.207 e. The summed E-state index contributed by atoms with van der Waals surface area (Å²) in [5, 5.41) is 0. The molecule has 0 amide bonds. The Bertz CT molecular complexity index is 648. The summed E-state index contributed by atoms with van der Waals surface area (Å²) in [6.07, 6.45) is 3.08. The van der Waals surface area contributed by atoms with Gasteiger partial charge in [-0.25, -0.2) is 8.42 Å². The molecule has 3 nitrogen and oxygen atoms in total. The molecule has 3 rings (SSSR count). The number of rotatable bonds is 2. The average Bonchev–Trinajstić information content (AvgIpc) is 2.59. The van der Waals surface area contributed by atoms with Gasteiger partial charge in [0.15, 0.2) is 0 Å². The van der Waals surface area contributed by atoms with Crippen molar-refractivity contribution in [2.24, 2.45) is 10.8 Å². The minimum absolute atomic E-state index is 0.129. The molecule has 1 aliphatic heterocycles.